The topological polar surface area (TPSA) is 32.8 Å². The minimum Gasteiger partial charge on any atom is -0.385 e. The van der Waals surface area contributed by atoms with E-state index in [1.54, 1.807) is 7.11 Å². The van der Waals surface area contributed by atoms with Gasteiger partial charge in [0.2, 0.25) is 0 Å². The number of thioether (sulfide) groups is 1. The quantitative estimate of drug-likeness (QED) is 0.459. The van der Waals surface area contributed by atoms with Gasteiger partial charge in [-0.05, 0) is 24.0 Å². The number of urea groups is 1. The normalized spacial score (nSPS) is 22.5. The number of hydrogen-bond acceptors (Lipinski definition) is 3. The number of nitrogens with zero attached hydrogens (tertiary/aromatic N) is 2. The Hall–Kier alpha value is -2.24. The van der Waals surface area contributed by atoms with Gasteiger partial charge >= 0.3 is 6.03 Å². The predicted octanol–water partition coefficient (Wildman–Crippen LogP) is 4.92. The number of methoxy groups -OCH3 is 1. The largest absolute Gasteiger partial charge is 0.385 e. The van der Waals surface area contributed by atoms with Gasteiger partial charge in [-0.15, -0.1) is 11.8 Å². The number of fused-ring (bicyclic) bond motifs is 1. The molecule has 0 N–H and O–H groups in total. The van der Waals surface area contributed by atoms with Gasteiger partial charge < -0.3 is 14.5 Å². The fourth-order valence-corrected chi connectivity index (χ4v) is 5.57. The van der Waals surface area contributed by atoms with Crippen LogP contribution in [0.5, 0.6) is 0 Å². The highest BCUT2D eigenvalue weighted by molar-refractivity contribution is 8.03. The molecule has 2 aliphatic rings. The van der Waals surface area contributed by atoms with Crippen molar-refractivity contribution < 1.29 is 9.53 Å². The molecule has 4 rings (SSSR count). The fourth-order valence-electron chi connectivity index (χ4n) is 4.16. The molecule has 0 saturated carbocycles. The van der Waals surface area contributed by atoms with Crippen LogP contribution in [0.3, 0.4) is 0 Å². The molecule has 2 heterocycles. The molecular formula is C24H28N2O2S. The van der Waals surface area contributed by atoms with E-state index in [-0.39, 0.29) is 18.1 Å². The molecule has 4 nitrogen and oxygen atoms in total. The third kappa shape index (κ3) is 4.51. The molecule has 2 aliphatic heterocycles. The first kappa shape index (κ1) is 20.0. The Morgan fingerprint density at radius 2 is 1.62 bits per heavy atom. The van der Waals surface area contributed by atoms with Crippen LogP contribution in [0.2, 0.25) is 0 Å². The SMILES string of the molecule is COCCC/C=C1\SCC2C1N(Cc1ccccc1)C(=O)N2Cc1ccccc1. The molecule has 2 fully saturated rings. The lowest BCUT2D eigenvalue weighted by Gasteiger charge is -2.23. The Balaban J connectivity index is 1.57. The standard InChI is InChI=1S/C24H28N2O2S/c1-28-15-9-8-14-22-23-21(18-29-22)25(16-19-10-4-2-5-11-19)24(27)26(23)17-20-12-6-3-7-13-20/h2-7,10-14,21,23H,8-9,15-18H2,1H3/b22-14-. The second-order valence-electron chi connectivity index (χ2n) is 7.57. The Kier molecular flexibility index (Phi) is 6.57. The third-order valence-corrected chi connectivity index (χ3v) is 6.84. The molecule has 2 atom stereocenters. The number of benzene rings is 2. The summed E-state index contributed by atoms with van der Waals surface area (Å²) in [6, 6.07) is 21.1. The third-order valence-electron chi connectivity index (χ3n) is 5.59. The zero-order valence-corrected chi connectivity index (χ0v) is 17.7. The average Bonchev–Trinajstić information content (AvgIpc) is 3.27. The van der Waals surface area contributed by atoms with Crippen LogP contribution in [0, 0.1) is 0 Å². The van der Waals surface area contributed by atoms with Crippen molar-refractivity contribution in [3.8, 4) is 0 Å². The van der Waals surface area contributed by atoms with E-state index in [2.05, 4.69) is 40.1 Å². The van der Waals surface area contributed by atoms with Crippen LogP contribution in [0.25, 0.3) is 0 Å². The molecule has 2 saturated heterocycles. The van der Waals surface area contributed by atoms with Crippen molar-refractivity contribution in [2.24, 2.45) is 0 Å². The zero-order chi connectivity index (χ0) is 20.1. The molecule has 0 spiro atoms. The van der Waals surface area contributed by atoms with E-state index < -0.39 is 0 Å². The fraction of sp³-hybridized carbons (Fsp3) is 0.375. The molecule has 0 aromatic heterocycles. The summed E-state index contributed by atoms with van der Waals surface area (Å²) in [4.78, 5) is 18.9. The smallest absolute Gasteiger partial charge is 0.321 e. The van der Waals surface area contributed by atoms with E-state index in [1.165, 1.54) is 16.0 Å². The summed E-state index contributed by atoms with van der Waals surface area (Å²) in [6.07, 6.45) is 4.33. The summed E-state index contributed by atoms with van der Waals surface area (Å²) in [5.41, 5.74) is 2.36. The molecule has 2 amide bonds. The van der Waals surface area contributed by atoms with Gasteiger partial charge in [-0.2, -0.15) is 0 Å². The van der Waals surface area contributed by atoms with Crippen molar-refractivity contribution in [2.75, 3.05) is 19.5 Å². The van der Waals surface area contributed by atoms with Crippen LogP contribution in [0.1, 0.15) is 24.0 Å². The summed E-state index contributed by atoms with van der Waals surface area (Å²) in [6.45, 7) is 2.10. The van der Waals surface area contributed by atoms with Crippen molar-refractivity contribution in [2.45, 2.75) is 38.0 Å². The lowest BCUT2D eigenvalue weighted by Crippen LogP contribution is -2.35. The number of unbranched alkanes of at least 4 members (excludes halogenated alkanes) is 1. The van der Waals surface area contributed by atoms with Crippen LogP contribution >= 0.6 is 11.8 Å². The summed E-state index contributed by atoms with van der Waals surface area (Å²) < 4.78 is 5.18. The molecule has 152 valence electrons. The zero-order valence-electron chi connectivity index (χ0n) is 16.9. The molecular weight excluding hydrogens is 380 g/mol. The van der Waals surface area contributed by atoms with Gasteiger partial charge in [-0.3, -0.25) is 0 Å². The van der Waals surface area contributed by atoms with Gasteiger partial charge in [0.25, 0.3) is 0 Å². The lowest BCUT2D eigenvalue weighted by atomic mass is 10.1. The van der Waals surface area contributed by atoms with Gasteiger partial charge in [0.1, 0.15) is 0 Å². The van der Waals surface area contributed by atoms with Crippen molar-refractivity contribution in [1.29, 1.82) is 0 Å². The van der Waals surface area contributed by atoms with E-state index in [0.29, 0.717) is 13.1 Å². The Morgan fingerprint density at radius 1 is 1.00 bits per heavy atom. The number of carbonyl (C=O) groups is 1. The van der Waals surface area contributed by atoms with Crippen LogP contribution in [-0.2, 0) is 17.8 Å². The first-order valence-electron chi connectivity index (χ1n) is 10.2. The molecule has 0 aliphatic carbocycles. The highest BCUT2D eigenvalue weighted by Gasteiger charge is 2.50. The lowest BCUT2D eigenvalue weighted by molar-refractivity contribution is 0.182. The summed E-state index contributed by atoms with van der Waals surface area (Å²) in [5, 5.41) is 0. The summed E-state index contributed by atoms with van der Waals surface area (Å²) >= 11 is 1.91. The van der Waals surface area contributed by atoms with Gasteiger partial charge in [0.15, 0.2) is 0 Å². The summed E-state index contributed by atoms with van der Waals surface area (Å²) in [7, 11) is 1.74. The van der Waals surface area contributed by atoms with Gasteiger partial charge in [0, 0.05) is 37.5 Å². The van der Waals surface area contributed by atoms with Gasteiger partial charge in [0.05, 0.1) is 12.1 Å². The van der Waals surface area contributed by atoms with Crippen LogP contribution in [-0.4, -0.2) is 47.4 Å². The Bertz CT molecular complexity index is 840. The number of allylic oxidation sites excluding steroid dienone is 1. The van der Waals surface area contributed by atoms with E-state index >= 15 is 0 Å². The summed E-state index contributed by atoms with van der Waals surface area (Å²) in [5.74, 6) is 0.963. The predicted molar refractivity (Wildman–Crippen MR) is 119 cm³/mol. The Morgan fingerprint density at radius 3 is 2.24 bits per heavy atom. The minimum absolute atomic E-state index is 0.149. The molecule has 29 heavy (non-hydrogen) atoms. The van der Waals surface area contributed by atoms with E-state index in [1.807, 2.05) is 48.2 Å². The monoisotopic (exact) mass is 408 g/mol. The maximum absolute atomic E-state index is 13.4. The highest BCUT2D eigenvalue weighted by atomic mass is 32.2. The number of hydrogen-bond donors (Lipinski definition) is 0. The van der Waals surface area contributed by atoms with Crippen LogP contribution in [0.4, 0.5) is 4.79 Å². The first-order valence-corrected chi connectivity index (χ1v) is 11.2. The number of carbonyl (C=O) groups excluding carboxylic acids is 1. The maximum atomic E-state index is 13.4. The van der Waals surface area contributed by atoms with Gasteiger partial charge in [-0.25, -0.2) is 4.79 Å². The van der Waals surface area contributed by atoms with Crippen LogP contribution in [0.15, 0.2) is 71.6 Å². The molecule has 0 radical (unpaired) electrons. The van der Waals surface area contributed by atoms with Crippen molar-refractivity contribution in [1.82, 2.24) is 9.80 Å². The van der Waals surface area contributed by atoms with E-state index in [9.17, 15) is 4.79 Å². The molecule has 2 unspecified atom stereocenters. The van der Waals surface area contributed by atoms with E-state index in [4.69, 9.17) is 4.74 Å². The van der Waals surface area contributed by atoms with Crippen molar-refractivity contribution >= 4 is 17.8 Å². The molecule has 2 aromatic carbocycles. The highest BCUT2D eigenvalue weighted by Crippen LogP contribution is 2.43. The molecule has 2 aromatic rings. The molecule has 5 heteroatoms. The number of amides is 2. The average molecular weight is 409 g/mol. The van der Waals surface area contributed by atoms with E-state index in [0.717, 1.165) is 25.2 Å². The van der Waals surface area contributed by atoms with Crippen molar-refractivity contribution in [3.05, 3.63) is 82.8 Å². The molecule has 0 bridgehead atoms. The Labute approximate surface area is 177 Å². The number of ether oxygens (including phenoxy) is 1. The second-order valence-corrected chi connectivity index (χ2v) is 8.67. The number of rotatable bonds is 8. The second kappa shape index (κ2) is 9.51. The van der Waals surface area contributed by atoms with Crippen molar-refractivity contribution in [3.63, 3.8) is 0 Å². The van der Waals surface area contributed by atoms with Crippen LogP contribution < -0.4 is 0 Å². The minimum atomic E-state index is 0.149. The first-order chi connectivity index (χ1) is 14.3. The maximum Gasteiger partial charge on any atom is 0.321 e. The van der Waals surface area contributed by atoms with Gasteiger partial charge in [-0.1, -0.05) is 66.7 Å².